The van der Waals surface area contributed by atoms with Gasteiger partial charge in [0.2, 0.25) is 0 Å². The van der Waals surface area contributed by atoms with Crippen molar-refractivity contribution in [3.63, 3.8) is 0 Å². The summed E-state index contributed by atoms with van der Waals surface area (Å²) in [6.07, 6.45) is 1.88. The molecule has 2 heterocycles. The van der Waals surface area contributed by atoms with Crippen LogP contribution in [0.1, 0.15) is 12.1 Å². The lowest BCUT2D eigenvalue weighted by atomic mass is 10.0. The topological polar surface area (TPSA) is 81.0 Å². The predicted molar refractivity (Wildman–Crippen MR) is 51.9 cm³/mol. The number of hydrogen-bond acceptors (Lipinski definition) is 4. The van der Waals surface area contributed by atoms with Crippen LogP contribution in [-0.4, -0.2) is 23.4 Å². The van der Waals surface area contributed by atoms with Crippen LogP contribution in [0.4, 0.5) is 5.69 Å². The molecule has 14 heavy (non-hydrogen) atoms. The van der Waals surface area contributed by atoms with Crippen LogP contribution in [0.2, 0.25) is 0 Å². The smallest absolute Gasteiger partial charge is 0.287 e. The number of nitrogens with one attached hydrogen (secondary N) is 1. The lowest BCUT2D eigenvalue weighted by molar-refractivity contribution is 0.185. The number of hydrogen-bond donors (Lipinski definition) is 2. The summed E-state index contributed by atoms with van der Waals surface area (Å²) in [5, 5.41) is 6.30. The molecule has 0 amide bonds. The van der Waals surface area contributed by atoms with Gasteiger partial charge in [0.25, 0.3) is 5.56 Å². The maximum atomic E-state index is 10.9. The monoisotopic (exact) mass is 195 g/mol. The van der Waals surface area contributed by atoms with Crippen molar-refractivity contribution in [3.05, 3.63) is 22.1 Å². The zero-order valence-corrected chi connectivity index (χ0v) is 7.82. The van der Waals surface area contributed by atoms with Crippen LogP contribution in [-0.2, 0) is 11.2 Å². The normalized spacial score (nSPS) is 21.3. The summed E-state index contributed by atoms with van der Waals surface area (Å²) in [5.41, 5.74) is 6.22. The fourth-order valence-corrected chi connectivity index (χ4v) is 1.61. The summed E-state index contributed by atoms with van der Waals surface area (Å²) in [4.78, 5) is 10.9. The van der Waals surface area contributed by atoms with Crippen LogP contribution < -0.4 is 11.3 Å². The number of aromatic nitrogens is 2. The zero-order valence-electron chi connectivity index (χ0n) is 7.82. The van der Waals surface area contributed by atoms with E-state index < -0.39 is 0 Å². The van der Waals surface area contributed by atoms with Gasteiger partial charge in [0.05, 0.1) is 5.69 Å². The van der Waals surface area contributed by atoms with Crippen molar-refractivity contribution in [2.75, 3.05) is 18.9 Å². The number of nitrogen functional groups attached to an aromatic ring is 1. The minimum Gasteiger partial charge on any atom is -0.394 e. The maximum Gasteiger partial charge on any atom is 0.287 e. The summed E-state index contributed by atoms with van der Waals surface area (Å²) in [7, 11) is 0. The first-order valence-corrected chi connectivity index (χ1v) is 4.67. The lowest BCUT2D eigenvalue weighted by Gasteiger charge is -2.05. The Morgan fingerprint density at radius 2 is 2.57 bits per heavy atom. The Balaban J connectivity index is 2.09. The van der Waals surface area contributed by atoms with Gasteiger partial charge in [-0.05, 0) is 24.8 Å². The van der Waals surface area contributed by atoms with E-state index in [0.29, 0.717) is 5.92 Å². The third-order valence-corrected chi connectivity index (χ3v) is 2.41. The van der Waals surface area contributed by atoms with Crippen LogP contribution in [0, 0.1) is 5.92 Å². The summed E-state index contributed by atoms with van der Waals surface area (Å²) >= 11 is 0. The first-order valence-electron chi connectivity index (χ1n) is 4.67. The van der Waals surface area contributed by atoms with Crippen LogP contribution >= 0.6 is 0 Å². The predicted octanol–water partition coefficient (Wildman–Crippen LogP) is -0.0689. The summed E-state index contributed by atoms with van der Waals surface area (Å²) < 4.78 is 5.25. The highest BCUT2D eigenvalue weighted by Crippen LogP contribution is 2.16. The molecule has 3 N–H and O–H groups in total. The highest BCUT2D eigenvalue weighted by molar-refractivity contribution is 5.34. The molecule has 1 unspecified atom stereocenters. The summed E-state index contributed by atoms with van der Waals surface area (Å²) in [6, 6.07) is 1.64. The highest BCUT2D eigenvalue weighted by atomic mass is 16.5. The molecule has 1 aromatic rings. The van der Waals surface area contributed by atoms with Crippen LogP contribution in [0.25, 0.3) is 0 Å². The van der Waals surface area contributed by atoms with Crippen molar-refractivity contribution in [2.45, 2.75) is 12.8 Å². The molecule has 5 nitrogen and oxygen atoms in total. The SMILES string of the molecule is Nc1cc(CC2CCOC2)n[nH]c1=O. The average Bonchev–Trinajstić information content (AvgIpc) is 2.64. The number of ether oxygens (including phenoxy) is 1. The summed E-state index contributed by atoms with van der Waals surface area (Å²) in [5.74, 6) is 0.507. The quantitative estimate of drug-likeness (QED) is 0.692. The molecule has 0 bridgehead atoms. The van der Waals surface area contributed by atoms with Crippen LogP contribution in [0.15, 0.2) is 10.9 Å². The molecule has 2 rings (SSSR count). The van der Waals surface area contributed by atoms with Gasteiger partial charge in [0, 0.05) is 13.2 Å². The average molecular weight is 195 g/mol. The maximum absolute atomic E-state index is 10.9. The van der Waals surface area contributed by atoms with E-state index in [1.807, 2.05) is 0 Å². The molecule has 0 spiro atoms. The van der Waals surface area contributed by atoms with Gasteiger partial charge in [-0.1, -0.05) is 0 Å². The Morgan fingerprint density at radius 3 is 3.21 bits per heavy atom. The van der Waals surface area contributed by atoms with Crippen LogP contribution in [0.5, 0.6) is 0 Å². The third-order valence-electron chi connectivity index (χ3n) is 2.41. The first kappa shape index (κ1) is 9.21. The number of anilines is 1. The number of rotatable bonds is 2. The fourth-order valence-electron chi connectivity index (χ4n) is 1.61. The molecule has 76 valence electrons. The van der Waals surface area contributed by atoms with E-state index in [-0.39, 0.29) is 11.2 Å². The van der Waals surface area contributed by atoms with Gasteiger partial charge in [-0.25, -0.2) is 5.10 Å². The Morgan fingerprint density at radius 1 is 1.71 bits per heavy atom. The van der Waals surface area contributed by atoms with E-state index >= 15 is 0 Å². The Bertz CT molecular complexity index is 369. The minimum absolute atomic E-state index is 0.230. The number of nitrogens with two attached hydrogens (primary N) is 1. The largest absolute Gasteiger partial charge is 0.394 e. The van der Waals surface area contributed by atoms with Gasteiger partial charge in [-0.3, -0.25) is 4.79 Å². The number of aromatic amines is 1. The van der Waals surface area contributed by atoms with E-state index in [2.05, 4.69) is 10.2 Å². The van der Waals surface area contributed by atoms with E-state index in [1.54, 1.807) is 6.07 Å². The Labute approximate surface area is 81.3 Å². The van der Waals surface area contributed by atoms with Crippen molar-refractivity contribution in [3.8, 4) is 0 Å². The van der Waals surface area contributed by atoms with E-state index in [4.69, 9.17) is 10.5 Å². The molecule has 0 saturated carbocycles. The molecule has 1 aliphatic heterocycles. The van der Waals surface area contributed by atoms with Gasteiger partial charge in [-0.2, -0.15) is 5.10 Å². The molecule has 1 aliphatic rings. The highest BCUT2D eigenvalue weighted by Gasteiger charge is 2.16. The third kappa shape index (κ3) is 1.93. The molecule has 1 fully saturated rings. The second kappa shape index (κ2) is 3.79. The minimum atomic E-state index is -0.323. The number of H-pyrrole nitrogens is 1. The number of nitrogens with zero attached hydrogens (tertiary/aromatic N) is 1. The van der Waals surface area contributed by atoms with Gasteiger partial charge in [-0.15, -0.1) is 0 Å². The molecule has 0 aliphatic carbocycles. The van der Waals surface area contributed by atoms with Gasteiger partial charge >= 0.3 is 0 Å². The van der Waals surface area contributed by atoms with Crippen LogP contribution in [0.3, 0.4) is 0 Å². The first-order chi connectivity index (χ1) is 6.75. The summed E-state index contributed by atoms with van der Waals surface area (Å²) in [6.45, 7) is 1.60. The molecular weight excluding hydrogens is 182 g/mol. The van der Waals surface area contributed by atoms with Crippen molar-refractivity contribution in [2.24, 2.45) is 5.92 Å². The van der Waals surface area contributed by atoms with Crippen molar-refractivity contribution in [1.82, 2.24) is 10.2 Å². The molecule has 0 aromatic carbocycles. The fraction of sp³-hybridized carbons (Fsp3) is 0.556. The Hall–Kier alpha value is -1.36. The Kier molecular flexibility index (Phi) is 2.49. The van der Waals surface area contributed by atoms with Gasteiger partial charge in [0.15, 0.2) is 0 Å². The van der Waals surface area contributed by atoms with Crippen molar-refractivity contribution in [1.29, 1.82) is 0 Å². The van der Waals surface area contributed by atoms with E-state index in [9.17, 15) is 4.79 Å². The molecular formula is C9H13N3O2. The molecule has 5 heteroatoms. The lowest BCUT2D eigenvalue weighted by Crippen LogP contribution is -2.16. The zero-order chi connectivity index (χ0) is 9.97. The molecule has 1 saturated heterocycles. The second-order valence-electron chi connectivity index (χ2n) is 3.58. The van der Waals surface area contributed by atoms with Crippen molar-refractivity contribution < 1.29 is 4.74 Å². The van der Waals surface area contributed by atoms with Crippen molar-refractivity contribution >= 4 is 5.69 Å². The molecule has 1 aromatic heterocycles. The van der Waals surface area contributed by atoms with E-state index in [0.717, 1.165) is 31.7 Å². The molecule has 0 radical (unpaired) electrons. The second-order valence-corrected chi connectivity index (χ2v) is 3.58. The van der Waals surface area contributed by atoms with Gasteiger partial charge in [0.1, 0.15) is 5.69 Å². The van der Waals surface area contributed by atoms with E-state index in [1.165, 1.54) is 0 Å². The standard InChI is InChI=1S/C9H13N3O2/c10-8-4-7(11-12-9(8)13)3-6-1-2-14-5-6/h4,6H,1-3,5H2,(H2,10,11)(H,12,13). The molecule has 1 atom stereocenters. The van der Waals surface area contributed by atoms with Gasteiger partial charge < -0.3 is 10.5 Å².